The van der Waals surface area contributed by atoms with Gasteiger partial charge in [-0.05, 0) is 22.7 Å². The van der Waals surface area contributed by atoms with Gasteiger partial charge in [0, 0.05) is 0 Å². The zero-order chi connectivity index (χ0) is 18.4. The summed E-state index contributed by atoms with van der Waals surface area (Å²) in [5.41, 5.74) is 1.00. The van der Waals surface area contributed by atoms with Crippen LogP contribution in [0.15, 0.2) is 0 Å². The van der Waals surface area contributed by atoms with Gasteiger partial charge in [0.1, 0.15) is 0 Å². The van der Waals surface area contributed by atoms with E-state index in [1.165, 1.54) is 0 Å². The van der Waals surface area contributed by atoms with Gasteiger partial charge < -0.3 is 0 Å². The van der Waals surface area contributed by atoms with Gasteiger partial charge in [-0.1, -0.05) is 69.2 Å². The number of hydrogen-bond donors (Lipinski definition) is 0. The van der Waals surface area contributed by atoms with Crippen molar-refractivity contribution in [3.05, 3.63) is 0 Å². The zero-order valence-corrected chi connectivity index (χ0v) is 28.5. The third-order valence-electron chi connectivity index (χ3n) is 3.46. The van der Waals surface area contributed by atoms with E-state index in [1.807, 2.05) is 0 Å². The van der Waals surface area contributed by atoms with Crippen LogP contribution < -0.4 is 0 Å². The first-order valence-electron chi connectivity index (χ1n) is 6.73. The number of hydrogen-bond acceptors (Lipinski definition) is 0. The molecule has 0 saturated heterocycles. The molecule has 0 unspecified atom stereocenters. The van der Waals surface area contributed by atoms with E-state index >= 15 is 0 Å². The monoisotopic (exact) mass is 937 g/mol. The quantitative estimate of drug-likeness (QED) is 0.213. The maximum atomic E-state index is 2.46. The van der Waals surface area contributed by atoms with E-state index in [9.17, 15) is 0 Å². The molecule has 0 atom stereocenters. The van der Waals surface area contributed by atoms with Crippen molar-refractivity contribution in [3.63, 3.8) is 0 Å². The molecule has 133 valence electrons. The Morgan fingerprint density at radius 1 is 0.667 bits per heavy atom. The van der Waals surface area contributed by atoms with Crippen molar-refractivity contribution in [3.8, 4) is 0 Å². The molecule has 0 heterocycles. The van der Waals surface area contributed by atoms with Crippen molar-refractivity contribution in [1.82, 2.24) is 0 Å². The summed E-state index contributed by atoms with van der Waals surface area (Å²) in [6.07, 6.45) is 0. The molecule has 21 heavy (non-hydrogen) atoms. The third-order valence-corrected chi connectivity index (χ3v) is 3.46. The summed E-state index contributed by atoms with van der Waals surface area (Å²) in [7, 11) is 0.628. The van der Waals surface area contributed by atoms with E-state index in [2.05, 4.69) is 169 Å². The van der Waals surface area contributed by atoms with E-state index < -0.39 is 0 Å². The van der Waals surface area contributed by atoms with E-state index in [0.29, 0.717) is 20.3 Å². The molecule has 0 aromatic carbocycles. The summed E-state index contributed by atoms with van der Waals surface area (Å²) in [5.74, 6) is 1.60. The van der Waals surface area contributed by atoms with Crippen molar-refractivity contribution < 1.29 is 14.4 Å². The number of rotatable bonds is 0. The second-order valence-electron chi connectivity index (χ2n) is 7.30. The first kappa shape index (κ1) is 33.4. The third kappa shape index (κ3) is 45.7. The molecule has 0 spiro atoms. The topological polar surface area (TPSA) is 0 Å². The summed E-state index contributed by atoms with van der Waals surface area (Å²) in [6, 6.07) is 0. The van der Waals surface area contributed by atoms with Crippen molar-refractivity contribution in [2.24, 2.45) is 22.7 Å². The fourth-order valence-electron chi connectivity index (χ4n) is 0. The van der Waals surface area contributed by atoms with Gasteiger partial charge >= 0.3 is 114 Å². The number of halogens is 5. The normalized spacial score (nSPS) is 11.0. The zero-order valence-electron chi connectivity index (χ0n) is 14.9. The molecule has 0 aliphatic carbocycles. The molecule has 0 aliphatic rings. The summed E-state index contributed by atoms with van der Waals surface area (Å²) >= 11 is 12.1. The molecule has 0 aromatic heterocycles. The van der Waals surface area contributed by atoms with Gasteiger partial charge in [-0.3, -0.25) is 0 Å². The van der Waals surface area contributed by atoms with Crippen LogP contribution in [0.4, 0.5) is 0 Å². The first-order valence-corrected chi connectivity index (χ1v) is 29.3. The first-order chi connectivity index (χ1) is 9.03. The molecule has 7 heteroatoms. The molecule has 0 radical (unpaired) electrons. The predicted octanol–water partition coefficient (Wildman–Crippen LogP) is 9.80. The Morgan fingerprint density at radius 2 is 0.714 bits per heavy atom. The van der Waals surface area contributed by atoms with Gasteiger partial charge in [-0.2, -0.15) is 0 Å². The maximum absolute atomic E-state index is 2.46. The van der Waals surface area contributed by atoms with Crippen molar-refractivity contribution in [1.29, 1.82) is 0 Å². The molecular formula is C14H32I5V2. The summed E-state index contributed by atoms with van der Waals surface area (Å²) in [5, 5.41) is 0. The van der Waals surface area contributed by atoms with Gasteiger partial charge in [0.15, 0.2) is 0 Å². The van der Waals surface area contributed by atoms with Crippen molar-refractivity contribution in [2.45, 2.75) is 69.2 Å². The minimum absolute atomic E-state index is 0.278. The van der Waals surface area contributed by atoms with Crippen LogP contribution in [-0.4, -0.2) is 0 Å². The summed E-state index contributed by atoms with van der Waals surface area (Å²) < 4.78 is 0. The van der Waals surface area contributed by atoms with Crippen LogP contribution in [0.2, 0.25) is 0 Å². The van der Waals surface area contributed by atoms with E-state index in [1.54, 1.807) is 0 Å². The summed E-state index contributed by atoms with van der Waals surface area (Å²) in [4.78, 5) is -0.278. The predicted molar refractivity (Wildman–Crippen MR) is 139 cm³/mol. The Balaban J connectivity index is -0.0000000973. The van der Waals surface area contributed by atoms with Crippen LogP contribution >= 0.6 is 99.9 Å². The van der Waals surface area contributed by atoms with Gasteiger partial charge in [0.05, 0.1) is 0 Å². The van der Waals surface area contributed by atoms with Gasteiger partial charge in [0.2, 0.25) is 0 Å². The average molecular weight is 937 g/mol. The molecule has 0 amide bonds. The van der Waals surface area contributed by atoms with Crippen LogP contribution in [0.5, 0.6) is 0 Å². The molecule has 0 aliphatic heterocycles. The molecular weight excluding hydrogens is 905 g/mol. The fourth-order valence-corrected chi connectivity index (χ4v) is 0. The van der Waals surface area contributed by atoms with E-state index in [4.69, 9.17) is 0 Å². The Hall–Kier alpha value is 4.82. The van der Waals surface area contributed by atoms with Gasteiger partial charge in [-0.25, -0.2) is 0 Å². The van der Waals surface area contributed by atoms with E-state index in [-0.39, 0.29) is 4.92 Å². The second-order valence-corrected chi connectivity index (χ2v) is 54.5. The van der Waals surface area contributed by atoms with Crippen LogP contribution in [0, 0.1) is 22.7 Å². The van der Waals surface area contributed by atoms with Crippen LogP contribution in [0.1, 0.15) is 69.2 Å². The molecule has 0 nitrogen and oxygen atoms in total. The molecule has 0 rings (SSSR count). The molecule has 0 fully saturated rings. The van der Waals surface area contributed by atoms with Crippen LogP contribution in [-0.2, 0) is 14.4 Å². The fraction of sp³-hybridized carbons (Fsp3) is 1.00. The Bertz CT molecular complexity index is 176. The van der Waals surface area contributed by atoms with Gasteiger partial charge in [-0.15, -0.1) is 0 Å². The Kier molecular flexibility index (Phi) is 31.1. The Morgan fingerprint density at radius 3 is 0.714 bits per heavy atom. The van der Waals surface area contributed by atoms with E-state index in [0.717, 1.165) is 11.8 Å². The Labute approximate surface area is 202 Å². The van der Waals surface area contributed by atoms with Crippen LogP contribution in [0.3, 0.4) is 0 Å². The van der Waals surface area contributed by atoms with Crippen molar-refractivity contribution >= 4 is 99.9 Å². The minimum atomic E-state index is -0.278. The van der Waals surface area contributed by atoms with Crippen LogP contribution in [0.25, 0.3) is 0 Å². The summed E-state index contributed by atoms with van der Waals surface area (Å²) in [6.45, 7) is 22.6. The second kappa shape index (κ2) is 19.6. The molecule has 0 saturated carbocycles. The molecule has 0 bridgehead atoms. The molecule has 0 aromatic rings. The average Bonchev–Trinajstić information content (AvgIpc) is 2.15. The molecule has 0 N–H and O–H groups in total. The standard InChI is InChI=1S/2C7H16.5HI.2V/c2*1-6(2)7(3,4)5;;;;;;;/h2*6H,1-5H3;5*1H;;/q;;;;;;;+2;+3/p-5. The van der Waals surface area contributed by atoms with Gasteiger partial charge in [0.25, 0.3) is 0 Å². The van der Waals surface area contributed by atoms with Crippen molar-refractivity contribution in [2.75, 3.05) is 0 Å². The SMILES string of the molecule is CC(C)C(C)(C)C.CC(C)C(C)(C)C.[I][V]([I])[I].[I][V][I].